The number of likely N-dealkylation sites (tertiary alicyclic amines) is 1. The Kier molecular flexibility index (Phi) is 4.19. The molecule has 108 valence electrons. The van der Waals surface area contributed by atoms with Gasteiger partial charge in [0.2, 0.25) is 5.91 Å². The minimum Gasteiger partial charge on any atom is -0.464 e. The molecule has 1 rings (SSSR count). The number of likely N-dealkylation sites (N-methyl/N-ethyl adjacent to an activating group) is 1. The van der Waals surface area contributed by atoms with Crippen LogP contribution in [0.5, 0.6) is 0 Å². The van der Waals surface area contributed by atoms with Crippen molar-refractivity contribution in [3.05, 3.63) is 0 Å². The second-order valence-electron chi connectivity index (χ2n) is 4.55. The Morgan fingerprint density at radius 1 is 1.26 bits per heavy atom. The first-order valence-corrected chi connectivity index (χ1v) is 6.09. The first-order chi connectivity index (χ1) is 8.75. The van der Waals surface area contributed by atoms with Gasteiger partial charge < -0.3 is 19.5 Å². The molecule has 0 aromatic rings. The van der Waals surface area contributed by atoms with Crippen LogP contribution in [0.15, 0.2) is 0 Å². The highest BCUT2D eigenvalue weighted by Gasteiger charge is 2.70. The zero-order valence-electron chi connectivity index (χ0n) is 11.6. The minimum absolute atomic E-state index is 0.0259. The summed E-state index contributed by atoms with van der Waals surface area (Å²) in [5, 5.41) is 10.4. The minimum atomic E-state index is -2.14. The third kappa shape index (κ3) is 2.07. The van der Waals surface area contributed by atoms with Gasteiger partial charge in [-0.15, -0.1) is 0 Å². The highest BCUT2D eigenvalue weighted by atomic mass is 16.6. The molecule has 1 aliphatic rings. The van der Waals surface area contributed by atoms with Crippen LogP contribution in [0, 0.1) is 0 Å². The summed E-state index contributed by atoms with van der Waals surface area (Å²) in [5.74, 6) is -2.48. The quantitative estimate of drug-likeness (QED) is 0.546. The summed E-state index contributed by atoms with van der Waals surface area (Å²) in [7, 11) is 1.28. The van der Waals surface area contributed by atoms with Crippen LogP contribution in [0.2, 0.25) is 0 Å². The van der Waals surface area contributed by atoms with Crippen molar-refractivity contribution in [1.29, 1.82) is 0 Å². The molecule has 0 aromatic carbocycles. The molecule has 1 saturated heterocycles. The van der Waals surface area contributed by atoms with E-state index in [1.54, 1.807) is 13.8 Å². The van der Waals surface area contributed by atoms with Crippen LogP contribution in [0.25, 0.3) is 0 Å². The number of amides is 1. The summed E-state index contributed by atoms with van der Waals surface area (Å²) in [4.78, 5) is 37.0. The molecule has 7 nitrogen and oxygen atoms in total. The molecule has 0 saturated carbocycles. The summed E-state index contributed by atoms with van der Waals surface area (Å²) in [5.41, 5.74) is -4.02. The lowest BCUT2D eigenvalue weighted by atomic mass is 9.81. The Labute approximate surface area is 111 Å². The van der Waals surface area contributed by atoms with Crippen molar-refractivity contribution in [3.63, 3.8) is 0 Å². The average Bonchev–Trinajstić information content (AvgIpc) is 2.46. The standard InChI is InChI=1S/C12H19NO6/c1-5-18-9(15)12(10(16)19-6-2)11(3,17)7-8(14)13(12)4/h17H,5-7H2,1-4H3. The molecule has 7 heteroatoms. The van der Waals surface area contributed by atoms with Gasteiger partial charge in [-0.1, -0.05) is 0 Å². The third-order valence-electron chi connectivity index (χ3n) is 3.29. The van der Waals surface area contributed by atoms with Gasteiger partial charge in [0.05, 0.1) is 19.6 Å². The molecule has 1 fully saturated rings. The highest BCUT2D eigenvalue weighted by Crippen LogP contribution is 2.40. The van der Waals surface area contributed by atoms with E-state index in [2.05, 4.69) is 0 Å². The van der Waals surface area contributed by atoms with Crippen LogP contribution in [0.1, 0.15) is 27.2 Å². The number of hydrogen-bond donors (Lipinski definition) is 1. The maximum absolute atomic E-state index is 12.2. The normalized spacial score (nSPS) is 25.3. The molecule has 1 amide bonds. The van der Waals surface area contributed by atoms with E-state index in [0.717, 1.165) is 4.90 Å². The molecule has 0 radical (unpaired) electrons. The van der Waals surface area contributed by atoms with Crippen LogP contribution < -0.4 is 0 Å². The van der Waals surface area contributed by atoms with Crippen LogP contribution >= 0.6 is 0 Å². The molecule has 0 aromatic heterocycles. The lowest BCUT2D eigenvalue weighted by Gasteiger charge is -2.38. The predicted octanol–water partition coefficient (Wildman–Crippen LogP) is -0.536. The van der Waals surface area contributed by atoms with Crippen molar-refractivity contribution in [1.82, 2.24) is 4.90 Å². The van der Waals surface area contributed by atoms with Gasteiger partial charge in [-0.25, -0.2) is 9.59 Å². The number of ether oxygens (including phenoxy) is 2. The second kappa shape index (κ2) is 5.16. The highest BCUT2D eigenvalue weighted by molar-refractivity contribution is 6.12. The van der Waals surface area contributed by atoms with Gasteiger partial charge in [0.25, 0.3) is 5.54 Å². The Morgan fingerprint density at radius 2 is 1.68 bits per heavy atom. The van der Waals surface area contributed by atoms with E-state index < -0.39 is 29.0 Å². The van der Waals surface area contributed by atoms with E-state index in [1.807, 2.05) is 0 Å². The fraction of sp³-hybridized carbons (Fsp3) is 0.750. The average molecular weight is 273 g/mol. The van der Waals surface area contributed by atoms with E-state index in [-0.39, 0.29) is 19.6 Å². The van der Waals surface area contributed by atoms with Gasteiger partial charge in [0.15, 0.2) is 0 Å². The Bertz CT molecular complexity index is 385. The second-order valence-corrected chi connectivity index (χ2v) is 4.55. The molecule has 1 unspecified atom stereocenters. The van der Waals surface area contributed by atoms with E-state index in [9.17, 15) is 19.5 Å². The Morgan fingerprint density at radius 3 is 1.95 bits per heavy atom. The fourth-order valence-electron chi connectivity index (χ4n) is 2.36. The lowest BCUT2D eigenvalue weighted by molar-refractivity contribution is -0.186. The first kappa shape index (κ1) is 15.4. The van der Waals surface area contributed by atoms with Crippen LogP contribution in [0.3, 0.4) is 0 Å². The first-order valence-electron chi connectivity index (χ1n) is 6.09. The Balaban J connectivity index is 3.37. The van der Waals surface area contributed by atoms with Crippen molar-refractivity contribution in [3.8, 4) is 0 Å². The number of nitrogens with zero attached hydrogens (tertiary/aromatic N) is 1. The zero-order valence-corrected chi connectivity index (χ0v) is 11.6. The summed E-state index contributed by atoms with van der Waals surface area (Å²) in [6.07, 6.45) is -0.346. The van der Waals surface area contributed by atoms with Crippen molar-refractivity contribution < 1.29 is 29.0 Å². The van der Waals surface area contributed by atoms with Gasteiger partial charge in [0.1, 0.15) is 5.60 Å². The molecule has 0 spiro atoms. The van der Waals surface area contributed by atoms with Gasteiger partial charge in [-0.05, 0) is 20.8 Å². The number of carbonyl (C=O) groups excluding carboxylic acids is 3. The van der Waals surface area contributed by atoms with Crippen LogP contribution in [-0.4, -0.2) is 59.3 Å². The summed E-state index contributed by atoms with van der Waals surface area (Å²) in [6.45, 7) is 4.45. The molecule has 19 heavy (non-hydrogen) atoms. The molecular formula is C12H19NO6. The summed E-state index contributed by atoms with van der Waals surface area (Å²) in [6, 6.07) is 0. The van der Waals surface area contributed by atoms with Crippen molar-refractivity contribution in [2.45, 2.75) is 38.3 Å². The predicted molar refractivity (Wildman–Crippen MR) is 64.0 cm³/mol. The van der Waals surface area contributed by atoms with Crippen molar-refractivity contribution in [2.75, 3.05) is 20.3 Å². The third-order valence-corrected chi connectivity index (χ3v) is 3.29. The number of rotatable bonds is 4. The van der Waals surface area contributed by atoms with Gasteiger partial charge >= 0.3 is 11.9 Å². The fourth-order valence-corrected chi connectivity index (χ4v) is 2.36. The molecule has 0 aliphatic carbocycles. The molecule has 1 atom stereocenters. The van der Waals surface area contributed by atoms with Gasteiger partial charge in [-0.2, -0.15) is 0 Å². The van der Waals surface area contributed by atoms with Crippen molar-refractivity contribution >= 4 is 17.8 Å². The molecule has 1 heterocycles. The molecule has 1 N–H and O–H groups in total. The van der Waals surface area contributed by atoms with E-state index >= 15 is 0 Å². The SMILES string of the molecule is CCOC(=O)C1(C(=O)OCC)N(C)C(=O)CC1(C)O. The summed E-state index contributed by atoms with van der Waals surface area (Å²) < 4.78 is 9.71. The van der Waals surface area contributed by atoms with Gasteiger partial charge in [0, 0.05) is 7.05 Å². The molecular weight excluding hydrogens is 254 g/mol. The largest absolute Gasteiger partial charge is 0.464 e. The number of esters is 2. The molecule has 1 aliphatic heterocycles. The maximum atomic E-state index is 12.2. The topological polar surface area (TPSA) is 93.1 Å². The number of aliphatic hydroxyl groups is 1. The van der Waals surface area contributed by atoms with E-state index in [4.69, 9.17) is 9.47 Å². The maximum Gasteiger partial charge on any atom is 0.347 e. The van der Waals surface area contributed by atoms with E-state index in [0.29, 0.717) is 0 Å². The zero-order chi connectivity index (χ0) is 14.8. The smallest absolute Gasteiger partial charge is 0.347 e. The van der Waals surface area contributed by atoms with Crippen LogP contribution in [-0.2, 0) is 23.9 Å². The lowest BCUT2D eigenvalue weighted by Crippen LogP contribution is -2.67. The van der Waals surface area contributed by atoms with Gasteiger partial charge in [-0.3, -0.25) is 4.79 Å². The molecule has 0 bridgehead atoms. The van der Waals surface area contributed by atoms with E-state index in [1.165, 1.54) is 14.0 Å². The van der Waals surface area contributed by atoms with Crippen molar-refractivity contribution in [2.24, 2.45) is 0 Å². The number of carbonyl (C=O) groups is 3. The monoisotopic (exact) mass is 273 g/mol. The number of hydrogen-bond acceptors (Lipinski definition) is 6. The Hall–Kier alpha value is -1.63. The summed E-state index contributed by atoms with van der Waals surface area (Å²) >= 11 is 0. The van der Waals surface area contributed by atoms with Crippen LogP contribution in [0.4, 0.5) is 0 Å².